The summed E-state index contributed by atoms with van der Waals surface area (Å²) in [6.07, 6.45) is 1.02. The van der Waals surface area contributed by atoms with Crippen LogP contribution in [0.15, 0.2) is 24.3 Å². The Bertz CT molecular complexity index is 635. The minimum Gasteiger partial charge on any atom is -0.550 e. The molecule has 1 aliphatic carbocycles. The number of benzene rings is 1. The molecular weight excluding hydrogens is 316 g/mol. The number of hydrogen-bond acceptors (Lipinski definition) is 4. The van der Waals surface area contributed by atoms with Gasteiger partial charge in [-0.1, -0.05) is 20.8 Å². The lowest BCUT2D eigenvalue weighted by atomic mass is 9.65. The lowest BCUT2D eigenvalue weighted by Gasteiger charge is -2.41. The molecule has 0 saturated heterocycles. The predicted octanol–water partition coefficient (Wildman–Crippen LogP) is 2.66. The van der Waals surface area contributed by atoms with E-state index in [1.54, 1.807) is 6.92 Å². The third kappa shape index (κ3) is 3.37. The highest BCUT2D eigenvalue weighted by atomic mass is 16.4. The second-order valence-electron chi connectivity index (χ2n) is 7.64. The molecule has 0 heterocycles. The first kappa shape index (κ1) is 19.3. The van der Waals surface area contributed by atoms with Gasteiger partial charge in [0.1, 0.15) is 0 Å². The molecule has 0 spiro atoms. The largest absolute Gasteiger partial charge is 0.550 e. The summed E-state index contributed by atoms with van der Waals surface area (Å²) < 4.78 is 0. The standard InChI is InChI=1S/C20H30N2O3/c1-6-22(7-2)15-10-8-14(9-11-15)21-17(23)16-12-13-20(5,18(24)25)19(16,3)4/h8-11,16H,6-7,12-13H2,1-5H3,(H,21,23)(H,24,25)/p-1. The van der Waals surface area contributed by atoms with Crippen LogP contribution in [0.1, 0.15) is 47.5 Å². The molecule has 0 bridgehead atoms. The molecule has 2 unspecified atom stereocenters. The van der Waals surface area contributed by atoms with E-state index in [2.05, 4.69) is 24.1 Å². The van der Waals surface area contributed by atoms with Gasteiger partial charge in [-0.15, -0.1) is 0 Å². The monoisotopic (exact) mass is 345 g/mol. The van der Waals surface area contributed by atoms with E-state index in [1.807, 2.05) is 38.1 Å². The maximum absolute atomic E-state index is 12.7. The normalized spacial score (nSPS) is 24.8. The highest BCUT2D eigenvalue weighted by molar-refractivity contribution is 5.94. The molecule has 0 aromatic heterocycles. The van der Waals surface area contributed by atoms with Crippen molar-refractivity contribution in [1.29, 1.82) is 0 Å². The Labute approximate surface area is 150 Å². The fraction of sp³-hybridized carbons (Fsp3) is 0.600. The summed E-state index contributed by atoms with van der Waals surface area (Å²) in [6, 6.07) is 7.78. The van der Waals surface area contributed by atoms with Gasteiger partial charge in [0.15, 0.2) is 0 Å². The highest BCUT2D eigenvalue weighted by Gasteiger charge is 2.54. The van der Waals surface area contributed by atoms with Gasteiger partial charge in [-0.2, -0.15) is 0 Å². The Balaban J connectivity index is 2.11. The van der Waals surface area contributed by atoms with Gasteiger partial charge in [0.2, 0.25) is 5.91 Å². The summed E-state index contributed by atoms with van der Waals surface area (Å²) in [7, 11) is 0. The number of rotatable bonds is 6. The van der Waals surface area contributed by atoms with E-state index in [9.17, 15) is 14.7 Å². The summed E-state index contributed by atoms with van der Waals surface area (Å²) in [5, 5.41) is 14.5. The lowest BCUT2D eigenvalue weighted by Crippen LogP contribution is -2.49. The average molecular weight is 345 g/mol. The van der Waals surface area contributed by atoms with Crippen LogP contribution in [0.5, 0.6) is 0 Å². The number of anilines is 2. The van der Waals surface area contributed by atoms with E-state index in [4.69, 9.17) is 0 Å². The summed E-state index contributed by atoms with van der Waals surface area (Å²) in [5.74, 6) is -1.54. The van der Waals surface area contributed by atoms with Crippen molar-refractivity contribution in [2.45, 2.75) is 47.5 Å². The number of nitrogens with zero attached hydrogens (tertiary/aromatic N) is 1. The third-order valence-corrected chi connectivity index (χ3v) is 6.26. The van der Waals surface area contributed by atoms with Gasteiger partial charge in [0.25, 0.3) is 0 Å². The molecule has 1 aromatic rings. The van der Waals surface area contributed by atoms with E-state index in [0.717, 1.165) is 24.5 Å². The molecule has 5 heteroatoms. The van der Waals surface area contributed by atoms with E-state index in [-0.39, 0.29) is 11.8 Å². The van der Waals surface area contributed by atoms with Crippen molar-refractivity contribution < 1.29 is 14.7 Å². The SMILES string of the molecule is CCN(CC)c1ccc(NC(=O)C2CCC(C)(C(=O)[O-])C2(C)C)cc1. The summed E-state index contributed by atoms with van der Waals surface area (Å²) in [6.45, 7) is 11.5. The van der Waals surface area contributed by atoms with Crippen LogP contribution in [0.25, 0.3) is 0 Å². The average Bonchev–Trinajstić information content (AvgIpc) is 2.81. The lowest BCUT2D eigenvalue weighted by molar-refractivity contribution is -0.323. The molecule has 0 radical (unpaired) electrons. The number of hydrogen-bond donors (Lipinski definition) is 1. The molecule has 5 nitrogen and oxygen atoms in total. The maximum atomic E-state index is 12.7. The Morgan fingerprint density at radius 1 is 1.16 bits per heavy atom. The van der Waals surface area contributed by atoms with Gasteiger partial charge in [-0.05, 0) is 56.4 Å². The van der Waals surface area contributed by atoms with E-state index in [0.29, 0.717) is 12.8 Å². The van der Waals surface area contributed by atoms with Crippen molar-refractivity contribution in [3.63, 3.8) is 0 Å². The minimum absolute atomic E-state index is 0.120. The molecule has 1 aromatic carbocycles. The van der Waals surface area contributed by atoms with Crippen molar-refractivity contribution in [1.82, 2.24) is 0 Å². The van der Waals surface area contributed by atoms with E-state index >= 15 is 0 Å². The topological polar surface area (TPSA) is 72.5 Å². The molecule has 1 fully saturated rings. The Morgan fingerprint density at radius 3 is 2.16 bits per heavy atom. The third-order valence-electron chi connectivity index (χ3n) is 6.26. The van der Waals surface area contributed by atoms with E-state index < -0.39 is 16.8 Å². The van der Waals surface area contributed by atoms with Crippen molar-refractivity contribution in [2.24, 2.45) is 16.7 Å². The Hall–Kier alpha value is -2.04. The first-order valence-electron chi connectivity index (χ1n) is 9.04. The number of carboxylic acid groups (broad SMARTS) is 1. The molecular formula is C20H29N2O3-. The molecule has 0 aliphatic heterocycles. The number of carbonyl (C=O) groups is 2. The minimum atomic E-state index is -1.07. The van der Waals surface area contributed by atoms with Crippen LogP contribution < -0.4 is 15.3 Å². The summed E-state index contributed by atoms with van der Waals surface area (Å²) >= 11 is 0. The zero-order valence-electron chi connectivity index (χ0n) is 15.9. The summed E-state index contributed by atoms with van der Waals surface area (Å²) in [4.78, 5) is 26.5. The van der Waals surface area contributed by atoms with Crippen LogP contribution in [0.2, 0.25) is 0 Å². The molecule has 1 amide bonds. The quantitative estimate of drug-likeness (QED) is 0.860. The van der Waals surface area contributed by atoms with Crippen molar-refractivity contribution >= 4 is 23.3 Å². The van der Waals surface area contributed by atoms with Gasteiger partial charge in [-0.3, -0.25) is 4.79 Å². The van der Waals surface area contributed by atoms with Gasteiger partial charge < -0.3 is 20.1 Å². The van der Waals surface area contributed by atoms with Gasteiger partial charge in [0.05, 0.1) is 0 Å². The second-order valence-corrected chi connectivity index (χ2v) is 7.64. The second kappa shape index (κ2) is 7.06. The van der Waals surface area contributed by atoms with Gasteiger partial charge >= 0.3 is 0 Å². The van der Waals surface area contributed by atoms with Crippen molar-refractivity contribution in [3.05, 3.63) is 24.3 Å². The molecule has 138 valence electrons. The van der Waals surface area contributed by atoms with Gasteiger partial charge in [0, 0.05) is 41.8 Å². The first-order chi connectivity index (χ1) is 11.7. The zero-order chi connectivity index (χ0) is 18.8. The van der Waals surface area contributed by atoms with Crippen LogP contribution in [0.4, 0.5) is 11.4 Å². The Morgan fingerprint density at radius 2 is 1.72 bits per heavy atom. The summed E-state index contributed by atoms with van der Waals surface area (Å²) in [5.41, 5.74) is 0.214. The number of amides is 1. The zero-order valence-corrected chi connectivity index (χ0v) is 15.9. The molecule has 2 rings (SSSR count). The van der Waals surface area contributed by atoms with Crippen LogP contribution in [0, 0.1) is 16.7 Å². The van der Waals surface area contributed by atoms with Crippen LogP contribution >= 0.6 is 0 Å². The van der Waals surface area contributed by atoms with Crippen molar-refractivity contribution in [3.8, 4) is 0 Å². The molecule has 1 aliphatic rings. The van der Waals surface area contributed by atoms with Gasteiger partial charge in [-0.25, -0.2) is 0 Å². The predicted molar refractivity (Wildman–Crippen MR) is 98.3 cm³/mol. The maximum Gasteiger partial charge on any atom is 0.228 e. The number of carbonyl (C=O) groups excluding carboxylic acids is 2. The van der Waals surface area contributed by atoms with Crippen LogP contribution in [0.3, 0.4) is 0 Å². The molecule has 1 saturated carbocycles. The van der Waals surface area contributed by atoms with Crippen LogP contribution in [-0.2, 0) is 9.59 Å². The number of nitrogens with one attached hydrogen (secondary N) is 1. The molecule has 1 N–H and O–H groups in total. The number of aliphatic carboxylic acids is 1. The van der Waals surface area contributed by atoms with Crippen molar-refractivity contribution in [2.75, 3.05) is 23.3 Å². The smallest absolute Gasteiger partial charge is 0.228 e. The number of carboxylic acids is 1. The molecule has 2 atom stereocenters. The fourth-order valence-corrected chi connectivity index (χ4v) is 3.90. The van der Waals surface area contributed by atoms with Crippen LogP contribution in [-0.4, -0.2) is 25.0 Å². The molecule has 25 heavy (non-hydrogen) atoms. The van der Waals surface area contributed by atoms with E-state index in [1.165, 1.54) is 0 Å². The Kier molecular flexibility index (Phi) is 5.45. The first-order valence-corrected chi connectivity index (χ1v) is 9.04. The fourth-order valence-electron chi connectivity index (χ4n) is 3.90. The highest BCUT2D eigenvalue weighted by Crippen LogP contribution is 2.55.